The van der Waals surface area contributed by atoms with Gasteiger partial charge in [-0.25, -0.2) is 0 Å². The summed E-state index contributed by atoms with van der Waals surface area (Å²) in [6, 6.07) is 18.3. The Labute approximate surface area is 180 Å². The second-order valence-corrected chi connectivity index (χ2v) is 8.39. The van der Waals surface area contributed by atoms with E-state index in [-0.39, 0.29) is 0 Å². The zero-order chi connectivity index (χ0) is 20.8. The first-order valence-corrected chi connectivity index (χ1v) is 11.2. The first-order valence-electron chi connectivity index (χ1n) is 10.0. The van der Waals surface area contributed by atoms with E-state index in [1.54, 1.807) is 11.8 Å². The quantitative estimate of drug-likeness (QED) is 0.364. The number of fused-ring (bicyclic) bond motifs is 1. The normalized spacial score (nSPS) is 11.4. The molecule has 0 saturated carbocycles. The number of thioether (sulfide) groups is 1. The number of hydrogen-bond donors (Lipinski definition) is 1. The van der Waals surface area contributed by atoms with Gasteiger partial charge in [0, 0.05) is 29.1 Å². The fourth-order valence-electron chi connectivity index (χ4n) is 3.15. The SMILES string of the molecule is CN(C)CCCOc1ccc(-c2nnc(CSCc3cc4ccccc4[nH]3)o2)cc1. The third-order valence-electron chi connectivity index (χ3n) is 4.66. The number of aromatic nitrogens is 3. The highest BCUT2D eigenvalue weighted by molar-refractivity contribution is 7.97. The molecule has 7 heteroatoms. The lowest BCUT2D eigenvalue weighted by Gasteiger charge is -2.10. The molecule has 30 heavy (non-hydrogen) atoms. The Balaban J connectivity index is 1.27. The molecule has 4 aromatic rings. The molecule has 4 rings (SSSR count). The minimum absolute atomic E-state index is 0.537. The maximum Gasteiger partial charge on any atom is 0.247 e. The Morgan fingerprint density at radius 1 is 1.03 bits per heavy atom. The van der Waals surface area contributed by atoms with Crippen LogP contribution in [-0.4, -0.2) is 47.3 Å². The molecule has 0 radical (unpaired) electrons. The summed E-state index contributed by atoms with van der Waals surface area (Å²) in [7, 11) is 4.13. The molecule has 0 saturated heterocycles. The maximum atomic E-state index is 5.83. The summed E-state index contributed by atoms with van der Waals surface area (Å²) >= 11 is 1.75. The van der Waals surface area contributed by atoms with Gasteiger partial charge in [-0.05, 0) is 62.3 Å². The molecule has 0 atom stereocenters. The zero-order valence-electron chi connectivity index (χ0n) is 17.3. The first-order chi connectivity index (χ1) is 14.7. The van der Waals surface area contributed by atoms with Gasteiger partial charge >= 0.3 is 0 Å². The van der Waals surface area contributed by atoms with Crippen molar-refractivity contribution in [1.29, 1.82) is 0 Å². The van der Waals surface area contributed by atoms with Gasteiger partial charge in [-0.3, -0.25) is 0 Å². The van der Waals surface area contributed by atoms with Crippen molar-refractivity contribution in [3.63, 3.8) is 0 Å². The predicted octanol–water partition coefficient (Wildman–Crippen LogP) is 4.98. The number of nitrogens with one attached hydrogen (secondary N) is 1. The molecule has 2 aromatic heterocycles. The monoisotopic (exact) mass is 422 g/mol. The molecular formula is C23H26N4O2S. The van der Waals surface area contributed by atoms with Crippen LogP contribution in [0.3, 0.4) is 0 Å². The lowest BCUT2D eigenvalue weighted by Crippen LogP contribution is -2.15. The van der Waals surface area contributed by atoms with Crippen molar-refractivity contribution in [2.24, 2.45) is 0 Å². The number of aromatic amines is 1. The number of H-pyrrole nitrogens is 1. The Kier molecular flexibility index (Phi) is 6.71. The van der Waals surface area contributed by atoms with Gasteiger partial charge in [0.1, 0.15) is 5.75 Å². The average Bonchev–Trinajstić information content (AvgIpc) is 3.38. The summed E-state index contributed by atoms with van der Waals surface area (Å²) in [4.78, 5) is 5.59. The highest BCUT2D eigenvalue weighted by atomic mass is 32.2. The van der Waals surface area contributed by atoms with Gasteiger partial charge in [0.05, 0.1) is 12.4 Å². The van der Waals surface area contributed by atoms with E-state index in [9.17, 15) is 0 Å². The second kappa shape index (κ2) is 9.82. The zero-order valence-corrected chi connectivity index (χ0v) is 18.1. The van der Waals surface area contributed by atoms with Crippen LogP contribution >= 0.6 is 11.8 Å². The summed E-state index contributed by atoms with van der Waals surface area (Å²) in [6.45, 7) is 1.72. The average molecular weight is 423 g/mol. The van der Waals surface area contributed by atoms with E-state index < -0.39 is 0 Å². The van der Waals surface area contributed by atoms with E-state index in [0.29, 0.717) is 24.1 Å². The van der Waals surface area contributed by atoms with Gasteiger partial charge in [-0.15, -0.1) is 22.0 Å². The molecule has 2 aromatic carbocycles. The number of para-hydroxylation sites is 1. The minimum atomic E-state index is 0.537. The Morgan fingerprint density at radius 2 is 1.87 bits per heavy atom. The molecule has 156 valence electrons. The second-order valence-electron chi connectivity index (χ2n) is 7.41. The molecule has 0 amide bonds. The summed E-state index contributed by atoms with van der Waals surface area (Å²) < 4.78 is 11.6. The lowest BCUT2D eigenvalue weighted by atomic mass is 10.2. The van der Waals surface area contributed by atoms with Gasteiger partial charge in [0.25, 0.3) is 0 Å². The topological polar surface area (TPSA) is 67.2 Å². The number of rotatable bonds is 10. The molecule has 0 spiro atoms. The Bertz CT molecular complexity index is 1040. The number of nitrogens with zero attached hydrogens (tertiary/aromatic N) is 3. The molecule has 6 nitrogen and oxygen atoms in total. The van der Waals surface area contributed by atoms with Crippen LogP contribution in [0.15, 0.2) is 59.0 Å². The summed E-state index contributed by atoms with van der Waals surface area (Å²) in [5.74, 6) is 3.57. The number of ether oxygens (including phenoxy) is 1. The van der Waals surface area contributed by atoms with E-state index in [1.807, 2.05) is 30.3 Å². The van der Waals surface area contributed by atoms with Crippen molar-refractivity contribution in [2.45, 2.75) is 17.9 Å². The molecule has 0 bridgehead atoms. The van der Waals surface area contributed by atoms with Crippen LogP contribution in [0.5, 0.6) is 5.75 Å². The molecule has 0 unspecified atom stereocenters. The van der Waals surface area contributed by atoms with Crippen LogP contribution in [0, 0.1) is 0 Å². The molecule has 1 N–H and O–H groups in total. The van der Waals surface area contributed by atoms with Crippen molar-refractivity contribution < 1.29 is 9.15 Å². The molecule has 2 heterocycles. The highest BCUT2D eigenvalue weighted by Crippen LogP contribution is 2.24. The molecule has 0 aliphatic rings. The summed E-state index contributed by atoms with van der Waals surface area (Å²) in [5.41, 5.74) is 3.26. The Morgan fingerprint density at radius 3 is 2.67 bits per heavy atom. The van der Waals surface area contributed by atoms with Crippen LogP contribution < -0.4 is 4.74 Å². The molecule has 0 aliphatic carbocycles. The molecular weight excluding hydrogens is 396 g/mol. The van der Waals surface area contributed by atoms with Crippen LogP contribution in [-0.2, 0) is 11.5 Å². The van der Waals surface area contributed by atoms with E-state index >= 15 is 0 Å². The van der Waals surface area contributed by atoms with Crippen LogP contribution in [0.4, 0.5) is 0 Å². The van der Waals surface area contributed by atoms with E-state index in [0.717, 1.165) is 30.0 Å². The van der Waals surface area contributed by atoms with Crippen molar-refractivity contribution in [3.8, 4) is 17.2 Å². The van der Waals surface area contributed by atoms with Crippen LogP contribution in [0.1, 0.15) is 18.0 Å². The van der Waals surface area contributed by atoms with Crippen molar-refractivity contribution in [1.82, 2.24) is 20.1 Å². The van der Waals surface area contributed by atoms with Crippen molar-refractivity contribution >= 4 is 22.7 Å². The fraction of sp³-hybridized carbons (Fsp3) is 0.304. The van der Waals surface area contributed by atoms with Crippen molar-refractivity contribution in [3.05, 3.63) is 66.2 Å². The van der Waals surface area contributed by atoms with E-state index in [4.69, 9.17) is 9.15 Å². The third kappa shape index (κ3) is 5.43. The summed E-state index contributed by atoms with van der Waals surface area (Å²) in [6.07, 6.45) is 0.998. The lowest BCUT2D eigenvalue weighted by molar-refractivity contribution is 0.281. The number of hydrogen-bond acceptors (Lipinski definition) is 6. The number of benzene rings is 2. The first kappa shape index (κ1) is 20.5. The summed E-state index contributed by atoms with van der Waals surface area (Å²) in [5, 5.41) is 9.60. The molecule has 0 fully saturated rings. The molecule has 0 aliphatic heterocycles. The maximum absolute atomic E-state index is 5.83. The highest BCUT2D eigenvalue weighted by Gasteiger charge is 2.09. The third-order valence-corrected chi connectivity index (χ3v) is 5.62. The minimum Gasteiger partial charge on any atom is -0.494 e. The standard InChI is InChI=1S/C23H26N4O2S/c1-27(2)12-5-13-28-20-10-8-17(9-11-20)23-26-25-22(29-23)16-30-15-19-14-18-6-3-4-7-21(18)24-19/h3-4,6-11,14,24H,5,12-13,15-16H2,1-2H3. The van der Waals surface area contributed by atoms with Crippen LogP contribution in [0.2, 0.25) is 0 Å². The van der Waals surface area contributed by atoms with Gasteiger partial charge in [0.15, 0.2) is 0 Å². The largest absolute Gasteiger partial charge is 0.494 e. The van der Waals surface area contributed by atoms with Gasteiger partial charge < -0.3 is 19.0 Å². The van der Waals surface area contributed by atoms with Crippen LogP contribution in [0.25, 0.3) is 22.4 Å². The van der Waals surface area contributed by atoms with Gasteiger partial charge in [-0.2, -0.15) is 0 Å². The fourth-order valence-corrected chi connectivity index (χ4v) is 3.92. The predicted molar refractivity (Wildman–Crippen MR) is 122 cm³/mol. The van der Waals surface area contributed by atoms with Crippen molar-refractivity contribution in [2.75, 3.05) is 27.2 Å². The van der Waals surface area contributed by atoms with E-state index in [1.165, 1.54) is 16.6 Å². The van der Waals surface area contributed by atoms with Gasteiger partial charge in [-0.1, -0.05) is 18.2 Å². The van der Waals surface area contributed by atoms with Gasteiger partial charge in [0.2, 0.25) is 11.8 Å². The smallest absolute Gasteiger partial charge is 0.247 e. The Hall–Kier alpha value is -2.77. The van der Waals surface area contributed by atoms with E-state index in [2.05, 4.69) is 58.4 Å².